The van der Waals surface area contributed by atoms with E-state index in [-0.39, 0.29) is 5.56 Å². The number of nitrogens with one attached hydrogen (secondary N) is 1. The molecule has 0 radical (unpaired) electrons. The van der Waals surface area contributed by atoms with Crippen molar-refractivity contribution in [1.82, 2.24) is 14.8 Å². The molecule has 0 aliphatic heterocycles. The lowest BCUT2D eigenvalue weighted by molar-refractivity contribution is 0.0697. The van der Waals surface area contributed by atoms with Crippen LogP contribution in [-0.2, 0) is 11.8 Å². The molecular weight excluding hydrogens is 272 g/mol. The number of ether oxygens (including phenoxy) is 1. The minimum absolute atomic E-state index is 0.126. The Kier molecular flexibility index (Phi) is 4.89. The van der Waals surface area contributed by atoms with Gasteiger partial charge in [-0.15, -0.1) is 6.58 Å². The van der Waals surface area contributed by atoms with Crippen molar-refractivity contribution in [3.63, 3.8) is 0 Å². The smallest absolute Gasteiger partial charge is 0.339 e. The Morgan fingerprint density at radius 3 is 3.05 bits per heavy atom. The molecule has 0 spiro atoms. The molecule has 0 bridgehead atoms. The first-order chi connectivity index (χ1) is 10.1. The second-order valence-corrected chi connectivity index (χ2v) is 4.47. The number of carboxylic acids is 1. The van der Waals surface area contributed by atoms with Crippen LogP contribution in [0.15, 0.2) is 25.0 Å². The fraction of sp³-hybridized carbons (Fsp3) is 0.357. The number of carboxylic acid groups (broad SMARTS) is 1. The highest BCUT2D eigenvalue weighted by atomic mass is 16.5. The second kappa shape index (κ2) is 6.85. The van der Waals surface area contributed by atoms with Crippen LogP contribution in [0.3, 0.4) is 0 Å². The van der Waals surface area contributed by atoms with Crippen molar-refractivity contribution in [3.8, 4) is 0 Å². The molecule has 2 aromatic rings. The molecule has 7 heteroatoms. The van der Waals surface area contributed by atoms with Crippen molar-refractivity contribution >= 4 is 22.7 Å². The minimum atomic E-state index is -1.02. The number of aryl methyl sites for hydroxylation is 1. The van der Waals surface area contributed by atoms with E-state index in [4.69, 9.17) is 4.74 Å². The van der Waals surface area contributed by atoms with Crippen molar-refractivity contribution in [1.29, 1.82) is 0 Å². The zero-order chi connectivity index (χ0) is 15.2. The van der Waals surface area contributed by atoms with Crippen molar-refractivity contribution in [2.45, 2.75) is 6.42 Å². The third kappa shape index (κ3) is 3.38. The normalized spacial score (nSPS) is 10.7. The first-order valence-corrected chi connectivity index (χ1v) is 6.61. The zero-order valence-corrected chi connectivity index (χ0v) is 11.9. The quantitative estimate of drug-likeness (QED) is 0.568. The number of pyridine rings is 1. The average molecular weight is 290 g/mol. The van der Waals surface area contributed by atoms with Gasteiger partial charge in [0.25, 0.3) is 0 Å². The fourth-order valence-electron chi connectivity index (χ4n) is 1.97. The van der Waals surface area contributed by atoms with Gasteiger partial charge in [0.2, 0.25) is 0 Å². The number of hydrogen-bond acceptors (Lipinski definition) is 5. The molecule has 0 fully saturated rings. The monoisotopic (exact) mass is 290 g/mol. The maximum atomic E-state index is 11.3. The van der Waals surface area contributed by atoms with Crippen LogP contribution in [0.2, 0.25) is 0 Å². The summed E-state index contributed by atoms with van der Waals surface area (Å²) in [4.78, 5) is 15.4. The van der Waals surface area contributed by atoms with Crippen LogP contribution in [0, 0.1) is 0 Å². The van der Waals surface area contributed by atoms with Gasteiger partial charge in [0.15, 0.2) is 5.65 Å². The van der Waals surface area contributed by atoms with Crippen LogP contribution in [0.5, 0.6) is 0 Å². The van der Waals surface area contributed by atoms with E-state index in [1.807, 2.05) is 0 Å². The van der Waals surface area contributed by atoms with Crippen molar-refractivity contribution in [3.05, 3.63) is 30.6 Å². The molecule has 0 saturated heterocycles. The van der Waals surface area contributed by atoms with E-state index in [0.29, 0.717) is 36.5 Å². The molecule has 7 nitrogen and oxygen atoms in total. The first-order valence-electron chi connectivity index (χ1n) is 6.61. The van der Waals surface area contributed by atoms with Gasteiger partial charge >= 0.3 is 5.97 Å². The van der Waals surface area contributed by atoms with E-state index >= 15 is 0 Å². The first kappa shape index (κ1) is 15.0. The van der Waals surface area contributed by atoms with Crippen LogP contribution in [0.25, 0.3) is 11.0 Å². The summed E-state index contributed by atoms with van der Waals surface area (Å²) in [7, 11) is 1.76. The Morgan fingerprint density at radius 2 is 2.33 bits per heavy atom. The lowest BCUT2D eigenvalue weighted by Gasteiger charge is -2.10. The van der Waals surface area contributed by atoms with Crippen LogP contribution in [0.4, 0.5) is 5.69 Å². The number of fused-ring (bicyclic) bond motifs is 1. The highest BCUT2D eigenvalue weighted by Gasteiger charge is 2.16. The number of aromatic carboxylic acids is 1. The van der Waals surface area contributed by atoms with Crippen LogP contribution in [-0.4, -0.2) is 45.6 Å². The summed E-state index contributed by atoms with van der Waals surface area (Å²) in [5.74, 6) is -1.02. The maximum absolute atomic E-state index is 11.3. The second-order valence-electron chi connectivity index (χ2n) is 4.47. The molecule has 2 aromatic heterocycles. The van der Waals surface area contributed by atoms with Gasteiger partial charge in [0.1, 0.15) is 5.56 Å². The number of hydrogen-bond donors (Lipinski definition) is 2. The molecule has 0 aromatic carbocycles. The summed E-state index contributed by atoms with van der Waals surface area (Å²) in [5, 5.41) is 17.1. The molecule has 0 amide bonds. The average Bonchev–Trinajstić information content (AvgIpc) is 2.84. The van der Waals surface area contributed by atoms with E-state index in [2.05, 4.69) is 22.0 Å². The molecule has 0 aliphatic carbocycles. The van der Waals surface area contributed by atoms with Crippen molar-refractivity contribution < 1.29 is 14.6 Å². The van der Waals surface area contributed by atoms with Gasteiger partial charge in [-0.05, 0) is 6.42 Å². The Morgan fingerprint density at radius 1 is 1.52 bits per heavy atom. The third-order valence-corrected chi connectivity index (χ3v) is 3.01. The van der Waals surface area contributed by atoms with E-state index in [0.717, 1.165) is 6.42 Å². The number of rotatable bonds is 8. The lowest BCUT2D eigenvalue weighted by Crippen LogP contribution is -2.13. The fourth-order valence-corrected chi connectivity index (χ4v) is 1.97. The Hall–Kier alpha value is -2.41. The van der Waals surface area contributed by atoms with Gasteiger partial charge in [-0.1, -0.05) is 6.08 Å². The Balaban J connectivity index is 2.14. The van der Waals surface area contributed by atoms with Gasteiger partial charge in [0.05, 0.1) is 30.5 Å². The van der Waals surface area contributed by atoms with Crippen LogP contribution < -0.4 is 5.32 Å². The van der Waals surface area contributed by atoms with E-state index in [1.165, 1.54) is 6.20 Å². The summed E-state index contributed by atoms with van der Waals surface area (Å²) in [6.45, 7) is 5.21. The predicted molar refractivity (Wildman–Crippen MR) is 79.6 cm³/mol. The molecular formula is C14H18N4O3. The summed E-state index contributed by atoms with van der Waals surface area (Å²) in [5.41, 5.74) is 1.28. The van der Waals surface area contributed by atoms with Gasteiger partial charge in [0, 0.05) is 19.8 Å². The summed E-state index contributed by atoms with van der Waals surface area (Å²) >= 11 is 0. The van der Waals surface area contributed by atoms with Crippen molar-refractivity contribution in [2.75, 3.05) is 25.1 Å². The highest BCUT2D eigenvalue weighted by Crippen LogP contribution is 2.25. The molecule has 2 N–H and O–H groups in total. The summed E-state index contributed by atoms with van der Waals surface area (Å²) < 4.78 is 7.00. The Labute approximate surface area is 122 Å². The molecule has 0 atom stereocenters. The van der Waals surface area contributed by atoms with Gasteiger partial charge in [-0.25, -0.2) is 9.78 Å². The molecule has 0 unspecified atom stereocenters. The SMILES string of the molecule is C=CCCOCCNc1c(C(=O)O)cnc2c1cnn2C. The summed E-state index contributed by atoms with van der Waals surface area (Å²) in [6, 6.07) is 0. The topological polar surface area (TPSA) is 89.3 Å². The number of nitrogens with zero attached hydrogens (tertiary/aromatic N) is 3. The summed E-state index contributed by atoms with van der Waals surface area (Å²) in [6.07, 6.45) is 5.53. The van der Waals surface area contributed by atoms with Gasteiger partial charge in [-0.3, -0.25) is 4.68 Å². The number of carbonyl (C=O) groups is 1. The van der Waals surface area contributed by atoms with Gasteiger partial charge in [-0.2, -0.15) is 5.10 Å². The molecule has 2 rings (SSSR count). The third-order valence-electron chi connectivity index (χ3n) is 3.01. The maximum Gasteiger partial charge on any atom is 0.339 e. The Bertz CT molecular complexity index is 651. The standard InChI is InChI=1S/C14H18N4O3/c1-3-4-6-21-7-5-15-12-10-9-17-18(2)13(10)16-8-11(12)14(19)20/h3,8-9H,1,4-7H2,2H3,(H,15,16)(H,19,20). The lowest BCUT2D eigenvalue weighted by atomic mass is 10.2. The molecule has 112 valence electrons. The van der Waals surface area contributed by atoms with Gasteiger partial charge < -0.3 is 15.2 Å². The number of aromatic nitrogens is 3. The van der Waals surface area contributed by atoms with Crippen LogP contribution >= 0.6 is 0 Å². The largest absolute Gasteiger partial charge is 0.478 e. The van der Waals surface area contributed by atoms with Crippen molar-refractivity contribution in [2.24, 2.45) is 7.05 Å². The molecule has 0 aliphatic rings. The van der Waals surface area contributed by atoms with E-state index in [9.17, 15) is 9.90 Å². The van der Waals surface area contributed by atoms with E-state index < -0.39 is 5.97 Å². The van der Waals surface area contributed by atoms with Crippen LogP contribution in [0.1, 0.15) is 16.8 Å². The molecule has 21 heavy (non-hydrogen) atoms. The predicted octanol–water partition coefficient (Wildman–Crippen LogP) is 1.67. The van der Waals surface area contributed by atoms with E-state index in [1.54, 1.807) is 24.0 Å². The zero-order valence-electron chi connectivity index (χ0n) is 11.9. The molecule has 2 heterocycles. The number of anilines is 1. The molecule has 0 saturated carbocycles. The highest BCUT2D eigenvalue weighted by molar-refractivity contribution is 6.03. The minimum Gasteiger partial charge on any atom is -0.478 e.